The van der Waals surface area contributed by atoms with Crippen molar-refractivity contribution in [2.24, 2.45) is 0 Å². The number of ether oxygens (including phenoxy) is 1. The smallest absolute Gasteiger partial charge is 0.317 e. The molecule has 0 amide bonds. The molecule has 0 heterocycles. The highest BCUT2D eigenvalue weighted by atomic mass is 35.5. The molecule has 0 radical (unpaired) electrons. The van der Waals surface area contributed by atoms with Crippen LogP contribution in [-0.4, -0.2) is 47.7 Å². The molecule has 0 saturated heterocycles. The lowest BCUT2D eigenvalue weighted by Crippen LogP contribution is -2.32. The Morgan fingerprint density at radius 1 is 1.55 bits per heavy atom. The molecule has 0 fully saturated rings. The highest BCUT2D eigenvalue weighted by Crippen LogP contribution is 2.27. The standard InChI is InChI=1S/C12H15ClN2O5/c1-20-6-5-14(8-12(16)17)7-9-10(13)3-2-4-11(9)15(18)19/h2-4H,5-8H2,1H3,(H,16,17). The summed E-state index contributed by atoms with van der Waals surface area (Å²) in [5.74, 6) is -1.02. The van der Waals surface area contributed by atoms with Crippen LogP contribution in [0.1, 0.15) is 5.56 Å². The highest BCUT2D eigenvalue weighted by Gasteiger charge is 2.20. The Bertz CT molecular complexity index is 495. The summed E-state index contributed by atoms with van der Waals surface area (Å²) in [6.45, 7) is 0.494. The Hall–Kier alpha value is -1.70. The molecule has 0 unspecified atom stereocenters. The summed E-state index contributed by atoms with van der Waals surface area (Å²) >= 11 is 5.98. The van der Waals surface area contributed by atoms with Gasteiger partial charge in [0, 0.05) is 26.3 Å². The SMILES string of the molecule is COCCN(CC(=O)O)Cc1c(Cl)cccc1[N+](=O)[O-]. The van der Waals surface area contributed by atoms with Gasteiger partial charge in [-0.05, 0) is 6.07 Å². The first-order chi connectivity index (χ1) is 9.45. The Kier molecular flexibility index (Phi) is 6.37. The summed E-state index contributed by atoms with van der Waals surface area (Å²) in [7, 11) is 1.50. The van der Waals surface area contributed by atoms with Crippen molar-refractivity contribution in [2.45, 2.75) is 6.54 Å². The fraction of sp³-hybridized carbons (Fsp3) is 0.417. The number of carbonyl (C=O) groups is 1. The monoisotopic (exact) mass is 302 g/mol. The third-order valence-electron chi connectivity index (χ3n) is 2.64. The van der Waals surface area contributed by atoms with Gasteiger partial charge in [0.2, 0.25) is 0 Å². The Balaban J connectivity index is 2.97. The molecule has 0 bridgehead atoms. The van der Waals surface area contributed by atoms with Crippen molar-refractivity contribution in [3.63, 3.8) is 0 Å². The van der Waals surface area contributed by atoms with E-state index >= 15 is 0 Å². The largest absolute Gasteiger partial charge is 0.480 e. The van der Waals surface area contributed by atoms with E-state index in [9.17, 15) is 14.9 Å². The summed E-state index contributed by atoms with van der Waals surface area (Å²) < 4.78 is 4.90. The molecule has 0 aliphatic rings. The van der Waals surface area contributed by atoms with E-state index < -0.39 is 10.9 Å². The van der Waals surface area contributed by atoms with Gasteiger partial charge in [-0.3, -0.25) is 19.8 Å². The number of benzene rings is 1. The van der Waals surface area contributed by atoms with Crippen LogP contribution in [0.5, 0.6) is 0 Å². The van der Waals surface area contributed by atoms with Gasteiger partial charge in [-0.2, -0.15) is 0 Å². The maximum absolute atomic E-state index is 11.0. The normalized spacial score (nSPS) is 10.8. The molecule has 0 spiro atoms. The van der Waals surface area contributed by atoms with Gasteiger partial charge in [-0.25, -0.2) is 0 Å². The Labute approximate surface area is 120 Å². The number of carboxylic acid groups (broad SMARTS) is 1. The van der Waals surface area contributed by atoms with E-state index in [4.69, 9.17) is 21.4 Å². The molecule has 0 saturated carbocycles. The molecule has 8 heteroatoms. The minimum atomic E-state index is -1.02. The maximum atomic E-state index is 11.0. The van der Waals surface area contributed by atoms with Gasteiger partial charge in [-0.1, -0.05) is 17.7 Å². The second-order valence-electron chi connectivity index (χ2n) is 4.09. The van der Waals surface area contributed by atoms with Gasteiger partial charge < -0.3 is 9.84 Å². The summed E-state index contributed by atoms with van der Waals surface area (Å²) in [5.41, 5.74) is 0.182. The predicted molar refractivity (Wildman–Crippen MR) is 72.9 cm³/mol. The number of hydrogen-bond donors (Lipinski definition) is 1. The van der Waals surface area contributed by atoms with E-state index in [0.717, 1.165) is 0 Å². The van der Waals surface area contributed by atoms with Crippen molar-refractivity contribution < 1.29 is 19.6 Å². The Morgan fingerprint density at radius 2 is 2.25 bits per heavy atom. The number of nitrogens with zero attached hydrogens (tertiary/aromatic N) is 2. The van der Waals surface area contributed by atoms with Gasteiger partial charge in [0.15, 0.2) is 0 Å². The lowest BCUT2D eigenvalue weighted by molar-refractivity contribution is -0.385. The number of carboxylic acids is 1. The summed E-state index contributed by atoms with van der Waals surface area (Å²) in [6, 6.07) is 4.37. The topological polar surface area (TPSA) is 92.9 Å². The van der Waals surface area contributed by atoms with Crippen LogP contribution in [0.25, 0.3) is 0 Å². The third kappa shape index (κ3) is 4.76. The first kappa shape index (κ1) is 16.4. The fourth-order valence-electron chi connectivity index (χ4n) is 1.72. The lowest BCUT2D eigenvalue weighted by Gasteiger charge is -2.20. The quantitative estimate of drug-likeness (QED) is 0.581. The number of hydrogen-bond acceptors (Lipinski definition) is 5. The van der Waals surface area contributed by atoms with Crippen LogP contribution >= 0.6 is 11.6 Å². The molecule has 0 aliphatic carbocycles. The van der Waals surface area contributed by atoms with Crippen molar-refractivity contribution >= 4 is 23.3 Å². The Morgan fingerprint density at radius 3 is 2.80 bits per heavy atom. The van der Waals surface area contributed by atoms with Crippen molar-refractivity contribution in [1.29, 1.82) is 0 Å². The zero-order valence-electron chi connectivity index (χ0n) is 10.9. The van der Waals surface area contributed by atoms with Crippen molar-refractivity contribution in [2.75, 3.05) is 26.8 Å². The summed E-state index contributed by atoms with van der Waals surface area (Å²) in [5, 5.41) is 20.1. The van der Waals surface area contributed by atoms with Gasteiger partial charge in [0.25, 0.3) is 5.69 Å². The summed E-state index contributed by atoms with van der Waals surface area (Å²) in [4.78, 5) is 22.8. The summed E-state index contributed by atoms with van der Waals surface area (Å²) in [6.07, 6.45) is 0. The number of methoxy groups -OCH3 is 1. The minimum Gasteiger partial charge on any atom is -0.480 e. The molecule has 110 valence electrons. The molecular weight excluding hydrogens is 288 g/mol. The van der Waals surface area contributed by atoms with Crippen LogP contribution in [0.3, 0.4) is 0 Å². The average molecular weight is 303 g/mol. The molecule has 0 aromatic heterocycles. The van der Waals surface area contributed by atoms with Crippen molar-refractivity contribution in [3.05, 3.63) is 38.9 Å². The number of nitro benzene ring substituents is 1. The van der Waals surface area contributed by atoms with Crippen LogP contribution in [-0.2, 0) is 16.1 Å². The molecule has 0 atom stereocenters. The van der Waals surface area contributed by atoms with Gasteiger partial charge >= 0.3 is 5.97 Å². The van der Waals surface area contributed by atoms with Crippen molar-refractivity contribution in [3.8, 4) is 0 Å². The molecule has 1 N–H and O–H groups in total. The van der Waals surface area contributed by atoms with E-state index in [0.29, 0.717) is 18.7 Å². The lowest BCUT2D eigenvalue weighted by atomic mass is 10.1. The third-order valence-corrected chi connectivity index (χ3v) is 3.00. The van der Waals surface area contributed by atoms with Crippen LogP contribution < -0.4 is 0 Å². The van der Waals surface area contributed by atoms with Crippen molar-refractivity contribution in [1.82, 2.24) is 4.90 Å². The minimum absolute atomic E-state index is 0.0750. The van der Waals surface area contributed by atoms with E-state index in [-0.39, 0.29) is 23.8 Å². The number of halogens is 1. The van der Waals surface area contributed by atoms with Gasteiger partial charge in [-0.15, -0.1) is 0 Å². The van der Waals surface area contributed by atoms with Crippen LogP contribution in [0, 0.1) is 10.1 Å². The van der Waals surface area contributed by atoms with E-state index in [1.165, 1.54) is 24.1 Å². The second kappa shape index (κ2) is 7.78. The van der Waals surface area contributed by atoms with Crippen LogP contribution in [0.4, 0.5) is 5.69 Å². The average Bonchev–Trinajstić information content (AvgIpc) is 2.37. The zero-order chi connectivity index (χ0) is 15.1. The molecule has 1 aromatic carbocycles. The van der Waals surface area contributed by atoms with Gasteiger partial charge in [0.05, 0.1) is 28.7 Å². The first-order valence-corrected chi connectivity index (χ1v) is 6.18. The maximum Gasteiger partial charge on any atom is 0.317 e. The molecule has 1 rings (SSSR count). The highest BCUT2D eigenvalue weighted by molar-refractivity contribution is 6.31. The van der Waals surface area contributed by atoms with E-state index in [1.807, 2.05) is 0 Å². The predicted octanol–water partition coefficient (Wildman–Crippen LogP) is 1.78. The molecular formula is C12H15ClN2O5. The fourth-order valence-corrected chi connectivity index (χ4v) is 1.95. The van der Waals surface area contributed by atoms with Crippen LogP contribution in [0.2, 0.25) is 5.02 Å². The first-order valence-electron chi connectivity index (χ1n) is 5.80. The molecule has 20 heavy (non-hydrogen) atoms. The van der Waals surface area contributed by atoms with Crippen LogP contribution in [0.15, 0.2) is 18.2 Å². The number of nitro groups is 1. The second-order valence-corrected chi connectivity index (χ2v) is 4.50. The molecule has 0 aliphatic heterocycles. The van der Waals surface area contributed by atoms with Gasteiger partial charge in [0.1, 0.15) is 0 Å². The van der Waals surface area contributed by atoms with E-state index in [1.54, 1.807) is 6.07 Å². The van der Waals surface area contributed by atoms with E-state index in [2.05, 4.69) is 0 Å². The molecule has 7 nitrogen and oxygen atoms in total. The molecule has 1 aromatic rings. The number of rotatable bonds is 8. The number of aliphatic carboxylic acids is 1. The zero-order valence-corrected chi connectivity index (χ0v) is 11.7.